The van der Waals surface area contributed by atoms with Gasteiger partial charge in [-0.15, -0.1) is 11.6 Å². The molecule has 0 bridgehead atoms. The second-order valence-corrected chi connectivity index (χ2v) is 4.64. The molecule has 0 amide bonds. The summed E-state index contributed by atoms with van der Waals surface area (Å²) in [6, 6.07) is 7.60. The minimum atomic E-state index is 0.225. The van der Waals surface area contributed by atoms with Gasteiger partial charge in [0.1, 0.15) is 11.6 Å². The molecule has 5 heteroatoms. The van der Waals surface area contributed by atoms with Gasteiger partial charge in [-0.2, -0.15) is 4.98 Å². The van der Waals surface area contributed by atoms with Gasteiger partial charge in [-0.05, 0) is 30.2 Å². The Labute approximate surface area is 111 Å². The summed E-state index contributed by atoms with van der Waals surface area (Å²) in [5.41, 5.74) is 0.881. The Bertz CT molecular complexity index is 494. The Hall–Kier alpha value is -1.55. The number of alkyl halides is 1. The van der Waals surface area contributed by atoms with Crippen LogP contribution in [0.2, 0.25) is 0 Å². The topological polar surface area (TPSA) is 48.2 Å². The predicted molar refractivity (Wildman–Crippen MR) is 69.6 cm³/mol. The highest BCUT2D eigenvalue weighted by atomic mass is 35.5. The molecule has 1 aromatic heterocycles. The normalized spacial score (nSPS) is 10.9. The standard InChI is InChI=1S/C13H15ClN2O2/c1-9(2)8-17-11-5-3-10(4-6-11)13-15-12(7-14)18-16-13/h3-6,9H,7-8H2,1-2H3. The van der Waals surface area contributed by atoms with Crippen LogP contribution in [0, 0.1) is 5.92 Å². The third-order valence-electron chi connectivity index (χ3n) is 2.28. The lowest BCUT2D eigenvalue weighted by Crippen LogP contribution is -2.04. The number of ether oxygens (including phenoxy) is 1. The van der Waals surface area contributed by atoms with Gasteiger partial charge in [0.25, 0.3) is 0 Å². The maximum absolute atomic E-state index is 5.61. The zero-order chi connectivity index (χ0) is 13.0. The van der Waals surface area contributed by atoms with Crippen LogP contribution in [0.25, 0.3) is 11.4 Å². The largest absolute Gasteiger partial charge is 0.493 e. The summed E-state index contributed by atoms with van der Waals surface area (Å²) in [6.45, 7) is 4.93. The molecule has 18 heavy (non-hydrogen) atoms. The first-order valence-electron chi connectivity index (χ1n) is 5.81. The van der Waals surface area contributed by atoms with Crippen LogP contribution in [0.15, 0.2) is 28.8 Å². The number of hydrogen-bond acceptors (Lipinski definition) is 4. The van der Waals surface area contributed by atoms with Crippen molar-refractivity contribution in [3.63, 3.8) is 0 Å². The van der Waals surface area contributed by atoms with Crippen molar-refractivity contribution < 1.29 is 9.26 Å². The molecule has 0 unspecified atom stereocenters. The molecule has 0 radical (unpaired) electrons. The molecular weight excluding hydrogens is 252 g/mol. The van der Waals surface area contributed by atoms with Crippen molar-refractivity contribution in [2.75, 3.05) is 6.61 Å². The molecule has 0 aliphatic heterocycles. The average molecular weight is 267 g/mol. The maximum atomic E-state index is 5.61. The molecule has 0 saturated carbocycles. The predicted octanol–water partition coefficient (Wildman–Crippen LogP) is 3.51. The highest BCUT2D eigenvalue weighted by Crippen LogP contribution is 2.20. The van der Waals surface area contributed by atoms with E-state index in [-0.39, 0.29) is 5.88 Å². The van der Waals surface area contributed by atoms with E-state index < -0.39 is 0 Å². The summed E-state index contributed by atoms with van der Waals surface area (Å²) in [5.74, 6) is 2.54. The molecule has 0 aliphatic rings. The molecule has 2 aromatic rings. The molecule has 2 rings (SSSR count). The van der Waals surface area contributed by atoms with Gasteiger partial charge < -0.3 is 9.26 Å². The summed E-state index contributed by atoms with van der Waals surface area (Å²) < 4.78 is 10.6. The number of rotatable bonds is 5. The average Bonchev–Trinajstić information content (AvgIpc) is 2.85. The van der Waals surface area contributed by atoms with Crippen molar-refractivity contribution in [3.05, 3.63) is 30.2 Å². The van der Waals surface area contributed by atoms with Gasteiger partial charge in [-0.3, -0.25) is 0 Å². The highest BCUT2D eigenvalue weighted by molar-refractivity contribution is 6.16. The summed E-state index contributed by atoms with van der Waals surface area (Å²) >= 11 is 5.61. The van der Waals surface area contributed by atoms with Gasteiger partial charge in [0.05, 0.1) is 6.61 Å². The summed E-state index contributed by atoms with van der Waals surface area (Å²) in [6.07, 6.45) is 0. The van der Waals surface area contributed by atoms with E-state index in [9.17, 15) is 0 Å². The quantitative estimate of drug-likeness (QED) is 0.777. The van der Waals surface area contributed by atoms with Crippen LogP contribution < -0.4 is 4.74 Å². The molecule has 0 saturated heterocycles. The fraction of sp³-hybridized carbons (Fsp3) is 0.385. The Kier molecular flexibility index (Phi) is 4.20. The van der Waals surface area contributed by atoms with Crippen molar-refractivity contribution in [2.24, 2.45) is 5.92 Å². The summed E-state index contributed by atoms with van der Waals surface area (Å²) in [4.78, 5) is 4.15. The summed E-state index contributed by atoms with van der Waals surface area (Å²) in [5, 5.41) is 3.85. The molecule has 0 atom stereocenters. The molecule has 4 nitrogen and oxygen atoms in total. The van der Waals surface area contributed by atoms with Crippen LogP contribution in [-0.2, 0) is 5.88 Å². The van der Waals surface area contributed by atoms with Crippen molar-refractivity contribution in [1.29, 1.82) is 0 Å². The monoisotopic (exact) mass is 266 g/mol. The van der Waals surface area contributed by atoms with Crippen molar-refractivity contribution in [2.45, 2.75) is 19.7 Å². The second kappa shape index (κ2) is 5.87. The fourth-order valence-corrected chi connectivity index (χ4v) is 1.50. The van der Waals surface area contributed by atoms with Crippen molar-refractivity contribution >= 4 is 11.6 Å². The van der Waals surface area contributed by atoms with E-state index in [2.05, 4.69) is 24.0 Å². The van der Waals surface area contributed by atoms with E-state index in [1.54, 1.807) is 0 Å². The molecule has 1 heterocycles. The molecule has 0 spiro atoms. The first-order valence-corrected chi connectivity index (χ1v) is 6.34. The minimum Gasteiger partial charge on any atom is -0.493 e. The van der Waals surface area contributed by atoms with E-state index in [4.69, 9.17) is 20.9 Å². The fourth-order valence-electron chi connectivity index (χ4n) is 1.39. The third-order valence-corrected chi connectivity index (χ3v) is 2.51. The van der Waals surface area contributed by atoms with Gasteiger partial charge in [0.15, 0.2) is 0 Å². The second-order valence-electron chi connectivity index (χ2n) is 4.37. The number of hydrogen-bond donors (Lipinski definition) is 0. The van der Waals surface area contributed by atoms with Gasteiger partial charge in [-0.1, -0.05) is 19.0 Å². The maximum Gasteiger partial charge on any atom is 0.241 e. The first kappa shape index (κ1) is 12.9. The highest BCUT2D eigenvalue weighted by Gasteiger charge is 2.07. The van der Waals surface area contributed by atoms with Crippen LogP contribution >= 0.6 is 11.6 Å². The Morgan fingerprint density at radius 1 is 1.28 bits per heavy atom. The van der Waals surface area contributed by atoms with E-state index in [0.717, 1.165) is 11.3 Å². The SMILES string of the molecule is CC(C)COc1ccc(-c2noc(CCl)n2)cc1. The smallest absolute Gasteiger partial charge is 0.241 e. The van der Waals surface area contributed by atoms with Gasteiger partial charge >= 0.3 is 0 Å². The van der Waals surface area contributed by atoms with E-state index in [1.807, 2.05) is 24.3 Å². The number of benzene rings is 1. The van der Waals surface area contributed by atoms with Gasteiger partial charge in [0.2, 0.25) is 11.7 Å². The lowest BCUT2D eigenvalue weighted by Gasteiger charge is -2.08. The van der Waals surface area contributed by atoms with E-state index in [0.29, 0.717) is 24.2 Å². The van der Waals surface area contributed by atoms with E-state index >= 15 is 0 Å². The molecule has 0 fully saturated rings. The van der Waals surface area contributed by atoms with Crippen LogP contribution in [0.1, 0.15) is 19.7 Å². The van der Waals surface area contributed by atoms with Crippen molar-refractivity contribution in [1.82, 2.24) is 10.1 Å². The van der Waals surface area contributed by atoms with Gasteiger partial charge in [-0.25, -0.2) is 0 Å². The molecule has 0 aliphatic carbocycles. The van der Waals surface area contributed by atoms with Gasteiger partial charge in [0, 0.05) is 5.56 Å². The van der Waals surface area contributed by atoms with Crippen LogP contribution in [0.3, 0.4) is 0 Å². The first-order chi connectivity index (χ1) is 8.69. The van der Waals surface area contributed by atoms with Crippen LogP contribution in [-0.4, -0.2) is 16.7 Å². The number of aromatic nitrogens is 2. The Balaban J connectivity index is 2.07. The van der Waals surface area contributed by atoms with E-state index in [1.165, 1.54) is 0 Å². The number of nitrogens with zero attached hydrogens (tertiary/aromatic N) is 2. The lowest BCUT2D eigenvalue weighted by atomic mass is 10.2. The lowest BCUT2D eigenvalue weighted by molar-refractivity contribution is 0.271. The number of halogens is 1. The summed E-state index contributed by atoms with van der Waals surface area (Å²) in [7, 11) is 0. The Morgan fingerprint density at radius 2 is 2.00 bits per heavy atom. The third kappa shape index (κ3) is 3.23. The zero-order valence-electron chi connectivity index (χ0n) is 10.4. The Morgan fingerprint density at radius 3 is 2.56 bits per heavy atom. The van der Waals surface area contributed by atoms with Crippen LogP contribution in [0.5, 0.6) is 5.75 Å². The minimum absolute atomic E-state index is 0.225. The van der Waals surface area contributed by atoms with Crippen molar-refractivity contribution in [3.8, 4) is 17.1 Å². The van der Waals surface area contributed by atoms with Crippen LogP contribution in [0.4, 0.5) is 0 Å². The zero-order valence-corrected chi connectivity index (χ0v) is 11.1. The molecular formula is C13H15ClN2O2. The molecule has 1 aromatic carbocycles. The molecule has 96 valence electrons. The molecule has 0 N–H and O–H groups in total.